The Bertz CT molecular complexity index is 1020. The third-order valence-electron chi connectivity index (χ3n) is 4.55. The van der Waals surface area contributed by atoms with Crippen LogP contribution in [-0.4, -0.2) is 10.8 Å². The Morgan fingerprint density at radius 1 is 1.00 bits per heavy atom. The van der Waals surface area contributed by atoms with Crippen LogP contribution in [0.5, 0.6) is 11.5 Å². The Kier molecular flexibility index (Phi) is 4.08. The average molecular weight is 360 g/mol. The quantitative estimate of drug-likeness (QED) is 0.538. The molecule has 0 bridgehead atoms. The Labute approximate surface area is 155 Å². The van der Waals surface area contributed by atoms with E-state index < -0.39 is 10.8 Å². The Morgan fingerprint density at radius 2 is 1.59 bits per heavy atom. The zero-order chi connectivity index (χ0) is 19.0. The molecule has 0 radical (unpaired) electrons. The van der Waals surface area contributed by atoms with Gasteiger partial charge < -0.3 is 10.1 Å². The molecule has 1 aliphatic rings. The Balaban J connectivity index is 1.76. The normalized spacial score (nSPS) is 12.5. The molecule has 1 aliphatic heterocycles. The van der Waals surface area contributed by atoms with Crippen molar-refractivity contribution >= 4 is 17.3 Å². The van der Waals surface area contributed by atoms with Crippen LogP contribution in [0.15, 0.2) is 66.7 Å². The number of nitro benzene ring substituents is 1. The summed E-state index contributed by atoms with van der Waals surface area (Å²) in [7, 11) is 0. The molecule has 1 N–H and O–H groups in total. The van der Waals surface area contributed by atoms with Gasteiger partial charge in [-0.1, -0.05) is 42.5 Å². The summed E-state index contributed by atoms with van der Waals surface area (Å²) in [5.74, 6) is 0.252. The number of benzene rings is 3. The van der Waals surface area contributed by atoms with Crippen molar-refractivity contribution in [2.45, 2.75) is 12.8 Å². The lowest BCUT2D eigenvalue weighted by molar-refractivity contribution is -0.384. The summed E-state index contributed by atoms with van der Waals surface area (Å²) in [4.78, 5) is 24.0. The van der Waals surface area contributed by atoms with Crippen molar-refractivity contribution in [2.24, 2.45) is 0 Å². The maximum atomic E-state index is 13.2. The summed E-state index contributed by atoms with van der Waals surface area (Å²) < 4.78 is 5.90. The lowest BCUT2D eigenvalue weighted by atomic mass is 9.87. The van der Waals surface area contributed by atoms with Gasteiger partial charge >= 0.3 is 0 Å². The first kappa shape index (κ1) is 16.8. The molecule has 6 nitrogen and oxygen atoms in total. The maximum absolute atomic E-state index is 13.2. The fourth-order valence-corrected chi connectivity index (χ4v) is 3.30. The van der Waals surface area contributed by atoms with E-state index in [2.05, 4.69) is 5.32 Å². The van der Waals surface area contributed by atoms with Gasteiger partial charge in [-0.3, -0.25) is 14.9 Å². The molecule has 134 valence electrons. The molecule has 0 saturated carbocycles. The third kappa shape index (κ3) is 3.01. The zero-order valence-corrected chi connectivity index (χ0v) is 14.5. The van der Waals surface area contributed by atoms with Crippen LogP contribution in [0.25, 0.3) is 0 Å². The fraction of sp³-hybridized carbons (Fsp3) is 0.0952. The van der Waals surface area contributed by atoms with Crippen molar-refractivity contribution in [1.29, 1.82) is 0 Å². The minimum absolute atomic E-state index is 0.128. The predicted molar refractivity (Wildman–Crippen MR) is 101 cm³/mol. The van der Waals surface area contributed by atoms with E-state index in [-0.39, 0.29) is 17.3 Å². The average Bonchev–Trinajstić information content (AvgIpc) is 2.67. The highest BCUT2D eigenvalue weighted by atomic mass is 16.6. The minimum Gasteiger partial charge on any atom is -0.457 e. The number of anilines is 1. The molecule has 0 fully saturated rings. The zero-order valence-electron chi connectivity index (χ0n) is 14.5. The van der Waals surface area contributed by atoms with Gasteiger partial charge in [-0.05, 0) is 30.7 Å². The van der Waals surface area contributed by atoms with Gasteiger partial charge in [0.05, 0.1) is 10.8 Å². The van der Waals surface area contributed by atoms with Crippen LogP contribution in [0.3, 0.4) is 0 Å². The maximum Gasteiger partial charge on any atom is 0.293 e. The molecule has 27 heavy (non-hydrogen) atoms. The van der Waals surface area contributed by atoms with Gasteiger partial charge in [0.2, 0.25) is 5.91 Å². The van der Waals surface area contributed by atoms with E-state index in [1.807, 2.05) is 36.4 Å². The lowest BCUT2D eigenvalue weighted by Gasteiger charge is -2.27. The van der Waals surface area contributed by atoms with Crippen molar-refractivity contribution < 1.29 is 14.5 Å². The van der Waals surface area contributed by atoms with Crippen LogP contribution in [-0.2, 0) is 4.79 Å². The fourth-order valence-electron chi connectivity index (χ4n) is 3.30. The van der Waals surface area contributed by atoms with E-state index in [4.69, 9.17) is 4.74 Å². The summed E-state index contributed by atoms with van der Waals surface area (Å²) in [6.07, 6.45) is 0. The molecule has 0 unspecified atom stereocenters. The molecule has 0 atom stereocenters. The lowest BCUT2D eigenvalue weighted by Crippen LogP contribution is -2.25. The summed E-state index contributed by atoms with van der Waals surface area (Å²) >= 11 is 0. The second-order valence-electron chi connectivity index (χ2n) is 6.38. The number of nitro groups is 1. The molecule has 0 spiro atoms. The van der Waals surface area contributed by atoms with Crippen LogP contribution >= 0.6 is 0 Å². The van der Waals surface area contributed by atoms with Gasteiger partial charge in [-0.2, -0.15) is 0 Å². The summed E-state index contributed by atoms with van der Waals surface area (Å²) in [6, 6.07) is 19.4. The molecule has 0 aromatic heterocycles. The second-order valence-corrected chi connectivity index (χ2v) is 6.38. The molecular weight excluding hydrogens is 344 g/mol. The molecule has 6 heteroatoms. The van der Waals surface area contributed by atoms with Crippen LogP contribution in [0, 0.1) is 17.0 Å². The summed E-state index contributed by atoms with van der Waals surface area (Å²) in [6.45, 7) is 1.77. The standard InChI is InChI=1S/C21H16N2O4/c1-13-10-11-16(17(12-13)23(25)26)22-21(24)20-14-6-2-4-8-18(14)27-19-9-5-3-7-15(19)20/h2-12,20H,1H3,(H,22,24). The first-order valence-corrected chi connectivity index (χ1v) is 8.46. The molecule has 1 heterocycles. The third-order valence-corrected chi connectivity index (χ3v) is 4.55. The number of carbonyl (C=O) groups excluding carboxylic acids is 1. The molecule has 0 aliphatic carbocycles. The number of hydrogen-bond donors (Lipinski definition) is 1. The highest BCUT2D eigenvalue weighted by Gasteiger charge is 2.33. The van der Waals surface area contributed by atoms with Gasteiger partial charge in [-0.25, -0.2) is 0 Å². The van der Waals surface area contributed by atoms with Crippen LogP contribution in [0.2, 0.25) is 0 Å². The Morgan fingerprint density at radius 3 is 2.19 bits per heavy atom. The number of nitrogens with one attached hydrogen (secondary N) is 1. The van der Waals surface area contributed by atoms with Gasteiger partial charge in [0.25, 0.3) is 5.69 Å². The van der Waals surface area contributed by atoms with Crippen LogP contribution in [0.4, 0.5) is 11.4 Å². The van der Waals surface area contributed by atoms with E-state index in [0.29, 0.717) is 11.5 Å². The van der Waals surface area contributed by atoms with Gasteiger partial charge in [-0.15, -0.1) is 0 Å². The molecule has 0 saturated heterocycles. The van der Waals surface area contributed by atoms with Crippen LogP contribution in [0.1, 0.15) is 22.6 Å². The number of rotatable bonds is 3. The SMILES string of the molecule is Cc1ccc(NC(=O)C2c3ccccc3Oc3ccccc32)c([N+](=O)[O-])c1. The van der Waals surface area contributed by atoms with Gasteiger partial charge in [0.1, 0.15) is 17.2 Å². The number of hydrogen-bond acceptors (Lipinski definition) is 4. The highest BCUT2D eigenvalue weighted by Crippen LogP contribution is 2.44. The smallest absolute Gasteiger partial charge is 0.293 e. The summed E-state index contributed by atoms with van der Waals surface area (Å²) in [5.41, 5.74) is 2.25. The van der Waals surface area contributed by atoms with Crippen molar-refractivity contribution in [3.8, 4) is 11.5 Å². The van der Waals surface area contributed by atoms with Crippen molar-refractivity contribution in [2.75, 3.05) is 5.32 Å². The van der Waals surface area contributed by atoms with E-state index in [9.17, 15) is 14.9 Å². The number of ether oxygens (including phenoxy) is 1. The first-order valence-electron chi connectivity index (χ1n) is 8.46. The molecule has 3 aromatic carbocycles. The van der Waals surface area contributed by atoms with Crippen molar-refractivity contribution in [3.63, 3.8) is 0 Å². The van der Waals surface area contributed by atoms with Crippen molar-refractivity contribution in [1.82, 2.24) is 0 Å². The molecular formula is C21H16N2O4. The molecule has 1 amide bonds. The summed E-state index contributed by atoms with van der Waals surface area (Å²) in [5, 5.41) is 14.1. The number of carbonyl (C=O) groups is 1. The number of aryl methyl sites for hydroxylation is 1. The minimum atomic E-state index is -0.618. The number of nitrogens with zero attached hydrogens (tertiary/aromatic N) is 1. The largest absolute Gasteiger partial charge is 0.457 e. The number of para-hydroxylation sites is 2. The topological polar surface area (TPSA) is 81.5 Å². The van der Waals surface area contributed by atoms with E-state index >= 15 is 0 Å². The number of amides is 1. The first-order chi connectivity index (χ1) is 13.0. The van der Waals surface area contributed by atoms with Crippen molar-refractivity contribution in [3.05, 3.63) is 93.5 Å². The molecule has 4 rings (SSSR count). The molecule has 3 aromatic rings. The van der Waals surface area contributed by atoms with E-state index in [1.54, 1.807) is 31.2 Å². The van der Waals surface area contributed by atoms with Crippen LogP contribution < -0.4 is 10.1 Å². The highest BCUT2D eigenvalue weighted by molar-refractivity contribution is 6.01. The monoisotopic (exact) mass is 360 g/mol. The van der Waals surface area contributed by atoms with E-state index in [1.165, 1.54) is 6.07 Å². The van der Waals surface area contributed by atoms with Gasteiger partial charge in [0, 0.05) is 17.2 Å². The Hall–Kier alpha value is -3.67. The van der Waals surface area contributed by atoms with Gasteiger partial charge in [0.15, 0.2) is 0 Å². The second kappa shape index (κ2) is 6.57. The van der Waals surface area contributed by atoms with E-state index in [0.717, 1.165) is 16.7 Å². The number of fused-ring (bicyclic) bond motifs is 2. The predicted octanol–water partition coefficient (Wildman–Crippen LogP) is 4.78.